The van der Waals surface area contributed by atoms with Crippen molar-refractivity contribution in [1.82, 2.24) is 10.2 Å². The molecule has 0 aromatic heterocycles. The van der Waals surface area contributed by atoms with Crippen molar-refractivity contribution in [3.8, 4) is 0 Å². The van der Waals surface area contributed by atoms with Crippen LogP contribution in [0, 0.1) is 5.92 Å². The lowest BCUT2D eigenvalue weighted by Crippen LogP contribution is -2.57. The first-order chi connectivity index (χ1) is 15.7. The van der Waals surface area contributed by atoms with Crippen molar-refractivity contribution in [2.45, 2.75) is 12.5 Å². The summed E-state index contributed by atoms with van der Waals surface area (Å²) in [5.74, 6) is -2.01. The highest BCUT2D eigenvalue weighted by molar-refractivity contribution is 6.40. The molecule has 1 aliphatic rings. The number of carbonyl (C=O) groups is 4. The molecule has 9 nitrogen and oxygen atoms in total. The van der Waals surface area contributed by atoms with Crippen LogP contribution in [0.1, 0.15) is 15.9 Å². The van der Waals surface area contributed by atoms with Crippen molar-refractivity contribution in [1.29, 1.82) is 0 Å². The Morgan fingerprint density at radius 2 is 1.70 bits per heavy atom. The molecule has 1 heterocycles. The molecule has 33 heavy (non-hydrogen) atoms. The van der Waals surface area contributed by atoms with E-state index < -0.39 is 35.8 Å². The fraction of sp³-hybridized carbons (Fsp3) is 0.273. The van der Waals surface area contributed by atoms with E-state index in [-0.39, 0.29) is 35.1 Å². The molecule has 1 atom stereocenters. The summed E-state index contributed by atoms with van der Waals surface area (Å²) in [6, 6.07) is 10.5. The zero-order valence-corrected chi connectivity index (χ0v) is 19.0. The fourth-order valence-electron chi connectivity index (χ4n) is 3.29. The molecule has 0 bridgehead atoms. The maximum absolute atomic E-state index is 12.5. The van der Waals surface area contributed by atoms with Crippen LogP contribution in [0.25, 0.3) is 0 Å². The van der Waals surface area contributed by atoms with Gasteiger partial charge < -0.3 is 25.4 Å². The van der Waals surface area contributed by atoms with Gasteiger partial charge >= 0.3 is 12.1 Å². The third-order valence-electron chi connectivity index (χ3n) is 5.17. The molecule has 3 rings (SSSR count). The highest BCUT2D eigenvalue weighted by Crippen LogP contribution is 2.25. The number of anilines is 1. The molecule has 1 saturated heterocycles. The number of carbonyl (C=O) groups excluding carboxylic acids is 3. The minimum atomic E-state index is -1.09. The Morgan fingerprint density at radius 3 is 2.24 bits per heavy atom. The number of hydrogen-bond acceptors (Lipinski definition) is 5. The minimum Gasteiger partial charge on any atom is -0.467 e. The van der Waals surface area contributed by atoms with Crippen molar-refractivity contribution in [3.05, 3.63) is 63.6 Å². The summed E-state index contributed by atoms with van der Waals surface area (Å²) in [6.45, 7) is 0.164. The summed E-state index contributed by atoms with van der Waals surface area (Å²) in [6.07, 6.45) is -0.939. The normalized spacial score (nSPS) is 14.1. The van der Waals surface area contributed by atoms with Gasteiger partial charge in [-0.2, -0.15) is 0 Å². The summed E-state index contributed by atoms with van der Waals surface area (Å²) in [7, 11) is 1.22. The third kappa shape index (κ3) is 5.94. The van der Waals surface area contributed by atoms with Crippen LogP contribution in [0.2, 0.25) is 10.0 Å². The summed E-state index contributed by atoms with van der Waals surface area (Å²) < 4.78 is 4.78. The first-order valence-electron chi connectivity index (χ1n) is 9.90. The van der Waals surface area contributed by atoms with E-state index in [4.69, 9.17) is 33.0 Å². The summed E-state index contributed by atoms with van der Waals surface area (Å²) in [5, 5.41) is 14.7. The van der Waals surface area contributed by atoms with E-state index in [9.17, 15) is 19.2 Å². The van der Waals surface area contributed by atoms with Gasteiger partial charge in [-0.25, -0.2) is 9.59 Å². The van der Waals surface area contributed by atoms with Crippen LogP contribution in [0.5, 0.6) is 0 Å². The number of amides is 3. The van der Waals surface area contributed by atoms with E-state index in [0.717, 1.165) is 4.90 Å². The topological polar surface area (TPSA) is 125 Å². The second kappa shape index (κ2) is 10.5. The zero-order valence-electron chi connectivity index (χ0n) is 17.5. The van der Waals surface area contributed by atoms with Gasteiger partial charge in [0.1, 0.15) is 6.04 Å². The highest BCUT2D eigenvalue weighted by Gasteiger charge is 2.37. The van der Waals surface area contributed by atoms with Crippen LogP contribution >= 0.6 is 23.2 Å². The van der Waals surface area contributed by atoms with Crippen molar-refractivity contribution < 1.29 is 29.0 Å². The number of methoxy groups -OCH3 is 1. The van der Waals surface area contributed by atoms with Crippen molar-refractivity contribution in [2.24, 2.45) is 5.92 Å². The molecule has 174 valence electrons. The molecular formula is C22H21Cl2N3O6. The molecule has 0 saturated carbocycles. The van der Waals surface area contributed by atoms with Crippen LogP contribution in [0.4, 0.5) is 10.5 Å². The number of nitrogens with zero attached hydrogens (tertiary/aromatic N) is 1. The van der Waals surface area contributed by atoms with E-state index in [1.54, 1.807) is 42.5 Å². The average Bonchev–Trinajstić information content (AvgIpc) is 2.72. The number of likely N-dealkylation sites (tertiary alicyclic amines) is 1. The van der Waals surface area contributed by atoms with Gasteiger partial charge in [0.05, 0.1) is 28.6 Å². The van der Waals surface area contributed by atoms with Gasteiger partial charge in [0.25, 0.3) is 5.91 Å². The second-order valence-corrected chi connectivity index (χ2v) is 8.24. The summed E-state index contributed by atoms with van der Waals surface area (Å²) >= 11 is 12.1. The molecule has 0 aliphatic carbocycles. The number of rotatable bonds is 7. The summed E-state index contributed by atoms with van der Waals surface area (Å²) in [5.41, 5.74) is 1.36. The number of esters is 1. The Bertz CT molecular complexity index is 1050. The van der Waals surface area contributed by atoms with Crippen LogP contribution in [-0.2, 0) is 20.7 Å². The Kier molecular flexibility index (Phi) is 7.78. The molecule has 3 amide bonds. The molecule has 3 N–H and O–H groups in total. The largest absolute Gasteiger partial charge is 0.467 e. The van der Waals surface area contributed by atoms with E-state index >= 15 is 0 Å². The minimum absolute atomic E-state index is 0.0822. The number of carboxylic acid groups (broad SMARTS) is 1. The number of halogens is 2. The quantitative estimate of drug-likeness (QED) is 0.509. The lowest BCUT2D eigenvalue weighted by atomic mass is 9.98. The molecular weight excluding hydrogens is 473 g/mol. The molecule has 11 heteroatoms. The second-order valence-electron chi connectivity index (χ2n) is 7.42. The molecule has 0 spiro atoms. The van der Waals surface area contributed by atoms with Gasteiger partial charge in [-0.05, 0) is 29.8 Å². The van der Waals surface area contributed by atoms with Crippen molar-refractivity contribution in [2.75, 3.05) is 25.5 Å². The van der Waals surface area contributed by atoms with Crippen LogP contribution in [0.3, 0.4) is 0 Å². The maximum atomic E-state index is 12.5. The molecule has 2 aromatic rings. The Labute approximate surface area is 199 Å². The van der Waals surface area contributed by atoms with Gasteiger partial charge in [0.2, 0.25) is 5.91 Å². The average molecular weight is 494 g/mol. The van der Waals surface area contributed by atoms with Gasteiger partial charge in [0.15, 0.2) is 0 Å². The molecule has 0 unspecified atom stereocenters. The maximum Gasteiger partial charge on any atom is 0.407 e. The lowest BCUT2D eigenvalue weighted by Gasteiger charge is -2.36. The van der Waals surface area contributed by atoms with E-state index in [0.29, 0.717) is 11.3 Å². The Balaban J connectivity index is 1.62. The number of benzene rings is 2. The van der Waals surface area contributed by atoms with Crippen molar-refractivity contribution >= 4 is 52.8 Å². The van der Waals surface area contributed by atoms with Gasteiger partial charge in [0, 0.05) is 25.2 Å². The van der Waals surface area contributed by atoms with Crippen molar-refractivity contribution in [3.63, 3.8) is 0 Å². The first kappa shape index (κ1) is 24.3. The van der Waals surface area contributed by atoms with E-state index in [1.165, 1.54) is 7.11 Å². The third-order valence-corrected chi connectivity index (χ3v) is 5.80. The van der Waals surface area contributed by atoms with Crippen LogP contribution in [0.15, 0.2) is 42.5 Å². The molecule has 1 aliphatic heterocycles. The summed E-state index contributed by atoms with van der Waals surface area (Å²) in [4.78, 5) is 49.0. The lowest BCUT2D eigenvalue weighted by molar-refractivity contribution is -0.146. The van der Waals surface area contributed by atoms with Crippen LogP contribution < -0.4 is 10.6 Å². The SMILES string of the molecule is COC(=O)[C@H](Cc1ccc(NC(=O)c2c(Cl)cccc2Cl)cc1)NC(=O)C1CN(C(=O)O)C1. The Morgan fingerprint density at radius 1 is 1.09 bits per heavy atom. The number of nitrogens with one attached hydrogen (secondary N) is 2. The molecule has 2 aromatic carbocycles. The number of hydrogen-bond donors (Lipinski definition) is 3. The van der Waals surface area contributed by atoms with Gasteiger partial charge in [-0.1, -0.05) is 41.4 Å². The fourth-order valence-corrected chi connectivity index (χ4v) is 3.86. The monoisotopic (exact) mass is 493 g/mol. The van der Waals surface area contributed by atoms with Gasteiger partial charge in [-0.3, -0.25) is 9.59 Å². The highest BCUT2D eigenvalue weighted by atomic mass is 35.5. The molecule has 0 radical (unpaired) electrons. The number of ether oxygens (including phenoxy) is 1. The standard InChI is InChI=1S/C22H21Cl2N3O6/c1-33-21(30)17(26-19(28)13-10-27(11-13)22(31)32)9-12-5-7-14(8-6-12)25-20(29)18-15(23)3-2-4-16(18)24/h2-8,13,17H,9-11H2,1H3,(H,25,29)(H,26,28)(H,31,32)/t17-/m0/s1. The first-order valence-corrected chi connectivity index (χ1v) is 10.7. The predicted octanol–water partition coefficient (Wildman–Crippen LogP) is 3.06. The smallest absolute Gasteiger partial charge is 0.407 e. The predicted molar refractivity (Wildman–Crippen MR) is 122 cm³/mol. The van der Waals surface area contributed by atoms with E-state index in [2.05, 4.69) is 10.6 Å². The van der Waals surface area contributed by atoms with Crippen LogP contribution in [-0.4, -0.2) is 60.1 Å². The molecule has 1 fully saturated rings. The van der Waals surface area contributed by atoms with E-state index in [1.807, 2.05) is 0 Å². The van der Waals surface area contributed by atoms with Gasteiger partial charge in [-0.15, -0.1) is 0 Å². The zero-order chi connectivity index (χ0) is 24.1. The Hall–Kier alpha value is -3.30.